The monoisotopic (exact) mass is 455 g/mol. The van der Waals surface area contributed by atoms with E-state index in [9.17, 15) is 14.7 Å². The van der Waals surface area contributed by atoms with Crippen LogP contribution in [0.25, 0.3) is 11.1 Å². The van der Waals surface area contributed by atoms with Crippen LogP contribution >= 0.6 is 0 Å². The van der Waals surface area contributed by atoms with Crippen LogP contribution in [0.3, 0.4) is 0 Å². The molecule has 1 aromatic heterocycles. The Kier molecular flexibility index (Phi) is 7.86. The molecule has 0 saturated carbocycles. The molecule has 0 bridgehead atoms. The Labute approximate surface area is 194 Å². The predicted octanol–water partition coefficient (Wildman–Crippen LogP) is 2.59. The summed E-state index contributed by atoms with van der Waals surface area (Å²) >= 11 is 0. The minimum atomic E-state index is -0.615. The molecule has 0 spiro atoms. The van der Waals surface area contributed by atoms with Gasteiger partial charge in [-0.15, -0.1) is 0 Å². The fourth-order valence-electron chi connectivity index (χ4n) is 3.51. The van der Waals surface area contributed by atoms with Crippen LogP contribution in [-0.2, 0) is 16.1 Å². The van der Waals surface area contributed by atoms with Crippen molar-refractivity contribution in [2.75, 3.05) is 31.6 Å². The first-order chi connectivity index (χ1) is 15.6. The van der Waals surface area contributed by atoms with Crippen LogP contribution in [0.5, 0.6) is 0 Å². The van der Waals surface area contributed by atoms with Crippen LogP contribution in [0.15, 0.2) is 36.7 Å². The van der Waals surface area contributed by atoms with Crippen LogP contribution in [0.4, 0.5) is 10.7 Å². The Bertz CT molecular complexity index is 950. The molecule has 9 heteroatoms. The Balaban J connectivity index is 1.57. The number of alkyl carbamates (subject to hydrolysis) is 1. The summed E-state index contributed by atoms with van der Waals surface area (Å²) in [5, 5.41) is 12.2. The SMILES string of the molecule is CN(Cc1cccc(-c2cnc(N3CCC(O)CC3)nc2)c1)C(=O)CNC(=O)OC(C)(C)C. The van der Waals surface area contributed by atoms with E-state index in [0.29, 0.717) is 12.5 Å². The molecule has 0 atom stereocenters. The number of ether oxygens (including phenoxy) is 1. The molecule has 1 aromatic carbocycles. The van der Waals surface area contributed by atoms with Crippen LogP contribution in [0.2, 0.25) is 0 Å². The van der Waals surface area contributed by atoms with Crippen molar-refractivity contribution < 1.29 is 19.4 Å². The summed E-state index contributed by atoms with van der Waals surface area (Å²) in [7, 11) is 1.69. The summed E-state index contributed by atoms with van der Waals surface area (Å²) in [6.07, 6.45) is 4.20. The smallest absolute Gasteiger partial charge is 0.408 e. The summed E-state index contributed by atoms with van der Waals surface area (Å²) in [4.78, 5) is 36.8. The first-order valence-corrected chi connectivity index (χ1v) is 11.2. The van der Waals surface area contributed by atoms with Crippen molar-refractivity contribution in [2.45, 2.75) is 51.9 Å². The minimum absolute atomic E-state index is 0.131. The highest BCUT2D eigenvalue weighted by Crippen LogP contribution is 2.22. The molecule has 2 amide bonds. The number of rotatable bonds is 6. The maximum Gasteiger partial charge on any atom is 0.408 e. The summed E-state index contributed by atoms with van der Waals surface area (Å²) in [5.74, 6) is 0.454. The average molecular weight is 456 g/mol. The second-order valence-electron chi connectivity index (χ2n) is 9.30. The van der Waals surface area contributed by atoms with E-state index in [4.69, 9.17) is 4.74 Å². The lowest BCUT2D eigenvalue weighted by Gasteiger charge is -2.29. The summed E-state index contributed by atoms with van der Waals surface area (Å²) in [5.41, 5.74) is 2.19. The molecule has 2 heterocycles. The van der Waals surface area contributed by atoms with E-state index in [0.717, 1.165) is 42.6 Å². The molecule has 178 valence electrons. The molecule has 1 aliphatic rings. The molecule has 33 heavy (non-hydrogen) atoms. The van der Waals surface area contributed by atoms with Crippen molar-refractivity contribution in [1.82, 2.24) is 20.2 Å². The highest BCUT2D eigenvalue weighted by Gasteiger charge is 2.19. The third kappa shape index (κ3) is 7.42. The molecule has 2 N–H and O–H groups in total. The summed E-state index contributed by atoms with van der Waals surface area (Å²) in [6, 6.07) is 7.86. The fourth-order valence-corrected chi connectivity index (χ4v) is 3.51. The zero-order chi connectivity index (χ0) is 24.0. The third-order valence-corrected chi connectivity index (χ3v) is 5.27. The van der Waals surface area contributed by atoms with Crippen molar-refractivity contribution in [2.24, 2.45) is 0 Å². The number of nitrogens with one attached hydrogen (secondary N) is 1. The molecule has 1 aliphatic heterocycles. The normalized spacial score (nSPS) is 14.6. The molecule has 0 unspecified atom stereocenters. The number of hydrogen-bond acceptors (Lipinski definition) is 7. The molecule has 0 aliphatic carbocycles. The highest BCUT2D eigenvalue weighted by atomic mass is 16.6. The average Bonchev–Trinajstić information content (AvgIpc) is 2.77. The lowest BCUT2D eigenvalue weighted by molar-refractivity contribution is -0.129. The number of anilines is 1. The van der Waals surface area contributed by atoms with Gasteiger partial charge in [0.1, 0.15) is 12.1 Å². The number of likely N-dealkylation sites (N-methyl/N-ethyl adjacent to an activating group) is 1. The van der Waals surface area contributed by atoms with Crippen molar-refractivity contribution in [3.05, 3.63) is 42.2 Å². The number of benzene rings is 1. The maximum absolute atomic E-state index is 12.4. The van der Waals surface area contributed by atoms with E-state index in [2.05, 4.69) is 20.2 Å². The molecular formula is C24H33N5O4. The van der Waals surface area contributed by atoms with Gasteiger partial charge in [-0.1, -0.05) is 18.2 Å². The first kappa shape index (κ1) is 24.4. The van der Waals surface area contributed by atoms with E-state index in [1.165, 1.54) is 0 Å². The van der Waals surface area contributed by atoms with Crippen LogP contribution < -0.4 is 10.2 Å². The fraction of sp³-hybridized carbons (Fsp3) is 0.500. The second kappa shape index (κ2) is 10.6. The van der Waals surface area contributed by atoms with Gasteiger partial charge in [-0.25, -0.2) is 14.8 Å². The topological polar surface area (TPSA) is 108 Å². The van der Waals surface area contributed by atoms with Gasteiger partial charge in [0.15, 0.2) is 0 Å². The Hall–Kier alpha value is -3.20. The van der Waals surface area contributed by atoms with E-state index < -0.39 is 11.7 Å². The van der Waals surface area contributed by atoms with Gasteiger partial charge in [-0.2, -0.15) is 0 Å². The Morgan fingerprint density at radius 2 is 1.85 bits per heavy atom. The van der Waals surface area contributed by atoms with Gasteiger partial charge >= 0.3 is 6.09 Å². The Morgan fingerprint density at radius 1 is 1.18 bits per heavy atom. The van der Waals surface area contributed by atoms with Gasteiger partial charge in [0.2, 0.25) is 11.9 Å². The second-order valence-corrected chi connectivity index (χ2v) is 9.30. The molecule has 0 radical (unpaired) electrons. The van der Waals surface area contributed by atoms with Crippen LogP contribution in [-0.4, -0.2) is 70.4 Å². The van der Waals surface area contributed by atoms with E-state index in [-0.39, 0.29) is 18.6 Å². The number of aliphatic hydroxyl groups is 1. The van der Waals surface area contributed by atoms with Gasteiger partial charge in [-0.3, -0.25) is 4.79 Å². The van der Waals surface area contributed by atoms with Gasteiger partial charge in [0.25, 0.3) is 0 Å². The van der Waals surface area contributed by atoms with Crippen molar-refractivity contribution in [1.29, 1.82) is 0 Å². The van der Waals surface area contributed by atoms with Gasteiger partial charge in [-0.05, 0) is 50.8 Å². The lowest BCUT2D eigenvalue weighted by Crippen LogP contribution is -2.40. The van der Waals surface area contributed by atoms with Crippen LogP contribution in [0, 0.1) is 0 Å². The molecule has 9 nitrogen and oxygen atoms in total. The Morgan fingerprint density at radius 3 is 2.48 bits per heavy atom. The molecule has 1 fully saturated rings. The number of carbonyl (C=O) groups is 2. The molecular weight excluding hydrogens is 422 g/mol. The number of carbonyl (C=O) groups excluding carboxylic acids is 2. The molecule has 2 aromatic rings. The summed E-state index contributed by atoms with van der Waals surface area (Å²) in [6.45, 7) is 7.07. The zero-order valence-electron chi connectivity index (χ0n) is 19.7. The summed E-state index contributed by atoms with van der Waals surface area (Å²) < 4.78 is 5.16. The lowest BCUT2D eigenvalue weighted by atomic mass is 10.1. The maximum atomic E-state index is 12.4. The van der Waals surface area contributed by atoms with Crippen molar-refractivity contribution >= 4 is 17.9 Å². The molecule has 1 saturated heterocycles. The molecule has 3 rings (SSSR count). The van der Waals surface area contributed by atoms with Gasteiger partial charge < -0.3 is 25.0 Å². The predicted molar refractivity (Wildman–Crippen MR) is 126 cm³/mol. The van der Waals surface area contributed by atoms with Gasteiger partial charge in [0, 0.05) is 44.6 Å². The van der Waals surface area contributed by atoms with E-state index in [1.807, 2.05) is 24.3 Å². The number of aromatic nitrogens is 2. The number of nitrogens with zero attached hydrogens (tertiary/aromatic N) is 4. The quantitative estimate of drug-likeness (QED) is 0.689. The number of amides is 2. The largest absolute Gasteiger partial charge is 0.444 e. The van der Waals surface area contributed by atoms with Crippen LogP contribution in [0.1, 0.15) is 39.2 Å². The number of aliphatic hydroxyl groups excluding tert-OH is 1. The van der Waals surface area contributed by atoms with E-state index in [1.54, 1.807) is 45.1 Å². The zero-order valence-corrected chi connectivity index (χ0v) is 19.7. The van der Waals surface area contributed by atoms with Crippen molar-refractivity contribution in [3.8, 4) is 11.1 Å². The third-order valence-electron chi connectivity index (χ3n) is 5.27. The minimum Gasteiger partial charge on any atom is -0.444 e. The standard InChI is InChI=1S/C24H33N5O4/c1-24(2,3)33-23(32)27-15-21(31)28(4)16-17-6-5-7-18(12-17)19-13-25-22(26-14-19)29-10-8-20(30)9-11-29/h5-7,12-14,20,30H,8-11,15-16H2,1-4H3,(H,27,32). The van der Waals surface area contributed by atoms with E-state index >= 15 is 0 Å². The number of hydrogen-bond donors (Lipinski definition) is 2. The highest BCUT2D eigenvalue weighted by molar-refractivity contribution is 5.82. The number of piperidine rings is 1. The van der Waals surface area contributed by atoms with Crippen molar-refractivity contribution in [3.63, 3.8) is 0 Å². The first-order valence-electron chi connectivity index (χ1n) is 11.2. The van der Waals surface area contributed by atoms with Gasteiger partial charge in [0.05, 0.1) is 6.10 Å².